The average molecular weight is 503 g/mol. The lowest BCUT2D eigenvalue weighted by Gasteiger charge is -2.32. The lowest BCUT2D eigenvalue weighted by molar-refractivity contribution is 0.296. The van der Waals surface area contributed by atoms with Gasteiger partial charge < -0.3 is 15.5 Å². The zero-order valence-corrected chi connectivity index (χ0v) is 20.0. The van der Waals surface area contributed by atoms with Gasteiger partial charge in [-0.2, -0.15) is 0 Å². The average Bonchev–Trinajstić information content (AvgIpc) is 2.61. The quantitative estimate of drug-likeness (QED) is 0.270. The lowest BCUT2D eigenvalue weighted by atomic mass is 10.1. The Hall–Kier alpha value is -0.130. The van der Waals surface area contributed by atoms with E-state index in [1.54, 1.807) is 11.2 Å². The fourth-order valence-corrected chi connectivity index (χ4v) is 4.15. The molecule has 1 fully saturated rings. The van der Waals surface area contributed by atoms with Crippen molar-refractivity contribution >= 4 is 40.0 Å². The molecule has 0 aliphatic carbocycles. The van der Waals surface area contributed by atoms with Crippen molar-refractivity contribution in [3.8, 4) is 0 Å². The first-order chi connectivity index (χ1) is 12.0. The fourth-order valence-electron chi connectivity index (χ4n) is 3.02. The van der Waals surface area contributed by atoms with E-state index in [1.807, 2.05) is 0 Å². The molecular formula is C17H38IN5O2S. The molecule has 0 aromatic carbocycles. The summed E-state index contributed by atoms with van der Waals surface area (Å²) in [5, 5.41) is 6.76. The standard InChI is InChI=1S/C17H37N5O2S.HI/c1-5-12-21(7-3)15-11-19-17(18-6-2)20-16-9-13-22(14-10-16)25(23,24)8-4;/h16H,5-15H2,1-4H3,(H2,18,19,20);1H. The van der Waals surface area contributed by atoms with Crippen molar-refractivity contribution in [3.63, 3.8) is 0 Å². The summed E-state index contributed by atoms with van der Waals surface area (Å²) in [4.78, 5) is 7.09. The lowest BCUT2D eigenvalue weighted by Crippen LogP contribution is -2.50. The van der Waals surface area contributed by atoms with E-state index in [9.17, 15) is 8.42 Å². The summed E-state index contributed by atoms with van der Waals surface area (Å²) in [5.41, 5.74) is 0. The molecule has 0 amide bonds. The minimum atomic E-state index is -3.06. The molecule has 1 rings (SSSR count). The Balaban J connectivity index is 0.00000625. The van der Waals surface area contributed by atoms with Crippen LogP contribution in [0, 0.1) is 0 Å². The van der Waals surface area contributed by atoms with E-state index in [2.05, 4.69) is 41.3 Å². The third-order valence-corrected chi connectivity index (χ3v) is 6.45. The normalized spacial score (nSPS) is 17.2. The van der Waals surface area contributed by atoms with E-state index in [0.29, 0.717) is 13.1 Å². The molecule has 7 nitrogen and oxygen atoms in total. The van der Waals surface area contributed by atoms with Crippen LogP contribution in [0.25, 0.3) is 0 Å². The number of aliphatic imine (C=N–C) groups is 1. The summed E-state index contributed by atoms with van der Waals surface area (Å²) in [6, 6.07) is 0.277. The fraction of sp³-hybridized carbons (Fsp3) is 0.941. The first-order valence-corrected chi connectivity index (χ1v) is 11.3. The van der Waals surface area contributed by atoms with E-state index in [-0.39, 0.29) is 35.8 Å². The van der Waals surface area contributed by atoms with Gasteiger partial charge in [0.05, 0.1) is 12.3 Å². The van der Waals surface area contributed by atoms with Crippen molar-refractivity contribution in [2.24, 2.45) is 4.99 Å². The summed E-state index contributed by atoms with van der Waals surface area (Å²) in [6.45, 7) is 14.0. The minimum absolute atomic E-state index is 0. The van der Waals surface area contributed by atoms with E-state index in [4.69, 9.17) is 0 Å². The molecule has 2 N–H and O–H groups in total. The van der Waals surface area contributed by atoms with Crippen molar-refractivity contribution in [1.29, 1.82) is 0 Å². The van der Waals surface area contributed by atoms with Crippen LogP contribution in [-0.2, 0) is 10.0 Å². The molecule has 1 aliphatic heterocycles. The summed E-state index contributed by atoms with van der Waals surface area (Å²) >= 11 is 0. The molecule has 156 valence electrons. The Morgan fingerprint density at radius 1 is 1.15 bits per heavy atom. The van der Waals surface area contributed by atoms with Gasteiger partial charge in [-0.1, -0.05) is 13.8 Å². The monoisotopic (exact) mass is 503 g/mol. The molecule has 1 heterocycles. The highest BCUT2D eigenvalue weighted by Crippen LogP contribution is 2.14. The zero-order chi connectivity index (χ0) is 18.7. The van der Waals surface area contributed by atoms with Crippen LogP contribution in [0.3, 0.4) is 0 Å². The van der Waals surface area contributed by atoms with Crippen molar-refractivity contribution in [1.82, 2.24) is 19.8 Å². The minimum Gasteiger partial charge on any atom is -0.357 e. The van der Waals surface area contributed by atoms with Gasteiger partial charge in [-0.05, 0) is 46.2 Å². The molecular weight excluding hydrogens is 465 g/mol. The Morgan fingerprint density at radius 3 is 2.31 bits per heavy atom. The van der Waals surface area contributed by atoms with Gasteiger partial charge in [-0.15, -0.1) is 24.0 Å². The molecule has 0 radical (unpaired) electrons. The number of sulfonamides is 1. The highest BCUT2D eigenvalue weighted by atomic mass is 127. The third-order valence-electron chi connectivity index (χ3n) is 4.57. The number of nitrogens with one attached hydrogen (secondary N) is 2. The molecule has 0 bridgehead atoms. The Bertz CT molecular complexity index is 493. The second-order valence-electron chi connectivity index (χ2n) is 6.41. The van der Waals surface area contributed by atoms with Crippen LogP contribution in [0.2, 0.25) is 0 Å². The Kier molecular flexibility index (Phi) is 13.9. The molecule has 0 saturated carbocycles. The number of hydrogen-bond acceptors (Lipinski definition) is 4. The number of hydrogen-bond donors (Lipinski definition) is 2. The maximum Gasteiger partial charge on any atom is 0.213 e. The highest BCUT2D eigenvalue weighted by molar-refractivity contribution is 14.0. The number of guanidine groups is 1. The van der Waals surface area contributed by atoms with Crippen LogP contribution < -0.4 is 10.6 Å². The maximum atomic E-state index is 11.9. The topological polar surface area (TPSA) is 77.0 Å². The maximum absolute atomic E-state index is 11.9. The van der Waals surface area contributed by atoms with Crippen LogP contribution in [-0.4, -0.2) is 81.2 Å². The summed E-state index contributed by atoms with van der Waals surface area (Å²) in [7, 11) is -3.06. The number of piperidine rings is 1. The van der Waals surface area contributed by atoms with Gasteiger partial charge in [0.2, 0.25) is 10.0 Å². The highest BCUT2D eigenvalue weighted by Gasteiger charge is 2.26. The van der Waals surface area contributed by atoms with E-state index in [1.165, 1.54) is 0 Å². The van der Waals surface area contributed by atoms with Crippen LogP contribution in [0.4, 0.5) is 0 Å². The molecule has 1 aliphatic rings. The number of nitrogens with zero attached hydrogens (tertiary/aromatic N) is 3. The van der Waals surface area contributed by atoms with Gasteiger partial charge in [-0.3, -0.25) is 4.99 Å². The molecule has 0 spiro atoms. The van der Waals surface area contributed by atoms with Crippen LogP contribution >= 0.6 is 24.0 Å². The second-order valence-corrected chi connectivity index (χ2v) is 8.67. The molecule has 1 saturated heterocycles. The van der Waals surface area contributed by atoms with Crippen LogP contribution in [0.5, 0.6) is 0 Å². The van der Waals surface area contributed by atoms with Crippen molar-refractivity contribution in [3.05, 3.63) is 0 Å². The molecule has 9 heteroatoms. The van der Waals surface area contributed by atoms with E-state index in [0.717, 1.165) is 57.9 Å². The van der Waals surface area contributed by atoms with Gasteiger partial charge >= 0.3 is 0 Å². The molecule has 0 unspecified atom stereocenters. The molecule has 26 heavy (non-hydrogen) atoms. The van der Waals surface area contributed by atoms with Gasteiger partial charge in [-0.25, -0.2) is 12.7 Å². The van der Waals surface area contributed by atoms with Gasteiger partial charge in [0.25, 0.3) is 0 Å². The molecule has 0 aromatic rings. The molecule has 0 atom stereocenters. The third kappa shape index (κ3) is 9.18. The Morgan fingerprint density at radius 2 is 1.81 bits per heavy atom. The SMILES string of the molecule is CCCN(CC)CCN=C(NCC)NC1CCN(S(=O)(=O)CC)CC1.I. The van der Waals surface area contributed by atoms with Gasteiger partial charge in [0.15, 0.2) is 5.96 Å². The van der Waals surface area contributed by atoms with E-state index >= 15 is 0 Å². The first-order valence-electron chi connectivity index (χ1n) is 9.71. The Labute approximate surface area is 177 Å². The number of rotatable bonds is 10. The predicted molar refractivity (Wildman–Crippen MR) is 121 cm³/mol. The largest absolute Gasteiger partial charge is 0.357 e. The summed E-state index contributed by atoms with van der Waals surface area (Å²) < 4.78 is 25.5. The predicted octanol–water partition coefficient (Wildman–Crippen LogP) is 1.71. The number of likely N-dealkylation sites (N-methyl/N-ethyl adjacent to an activating group) is 1. The van der Waals surface area contributed by atoms with Crippen molar-refractivity contribution < 1.29 is 8.42 Å². The van der Waals surface area contributed by atoms with Crippen LogP contribution in [0.15, 0.2) is 4.99 Å². The van der Waals surface area contributed by atoms with Gasteiger partial charge in [0.1, 0.15) is 0 Å². The van der Waals surface area contributed by atoms with E-state index < -0.39 is 10.0 Å². The van der Waals surface area contributed by atoms with Crippen molar-refractivity contribution in [2.75, 3.05) is 51.6 Å². The second kappa shape index (κ2) is 14.0. The van der Waals surface area contributed by atoms with Crippen LogP contribution in [0.1, 0.15) is 47.0 Å². The van der Waals surface area contributed by atoms with Gasteiger partial charge in [0, 0.05) is 32.2 Å². The smallest absolute Gasteiger partial charge is 0.213 e. The summed E-state index contributed by atoms with van der Waals surface area (Å²) in [6.07, 6.45) is 2.80. The molecule has 0 aromatic heterocycles. The first kappa shape index (κ1) is 25.9. The number of halogens is 1. The zero-order valence-electron chi connectivity index (χ0n) is 16.8. The van der Waals surface area contributed by atoms with Crippen molar-refractivity contribution in [2.45, 2.75) is 53.0 Å². The summed E-state index contributed by atoms with van der Waals surface area (Å²) in [5.74, 6) is 1.02.